The normalized spacial score (nSPS) is 11.6. The van der Waals surface area contributed by atoms with Crippen molar-refractivity contribution < 1.29 is 4.74 Å². The first-order valence-corrected chi connectivity index (χ1v) is 4.51. The van der Waals surface area contributed by atoms with E-state index in [4.69, 9.17) is 10.5 Å². The van der Waals surface area contributed by atoms with Crippen molar-refractivity contribution >= 4 is 28.3 Å². The van der Waals surface area contributed by atoms with E-state index in [2.05, 4.69) is 20.9 Å². The van der Waals surface area contributed by atoms with Crippen molar-refractivity contribution in [3.05, 3.63) is 22.8 Å². The van der Waals surface area contributed by atoms with E-state index in [0.717, 1.165) is 4.60 Å². The van der Waals surface area contributed by atoms with Crippen molar-refractivity contribution in [2.45, 2.75) is 13.0 Å². The van der Waals surface area contributed by atoms with Crippen molar-refractivity contribution in [2.24, 2.45) is 5.73 Å². The molecule has 1 aromatic rings. The molecule has 0 spiro atoms. The summed E-state index contributed by atoms with van der Waals surface area (Å²) in [5, 5.41) is 0. The summed E-state index contributed by atoms with van der Waals surface area (Å²) in [5.74, 6) is 0.599. The Morgan fingerprint density at radius 2 is 2.31 bits per heavy atom. The van der Waals surface area contributed by atoms with E-state index in [1.54, 1.807) is 6.07 Å². The number of rotatable bonds is 3. The number of pyridine rings is 1. The van der Waals surface area contributed by atoms with E-state index in [-0.39, 0.29) is 18.5 Å². The molecule has 2 N–H and O–H groups in total. The maximum atomic E-state index is 5.39. The summed E-state index contributed by atoms with van der Waals surface area (Å²) in [6, 6.07) is 5.52. The fourth-order valence-corrected chi connectivity index (χ4v) is 1.04. The summed E-state index contributed by atoms with van der Waals surface area (Å²) in [5.41, 5.74) is 5.39. The number of hydrogen-bond acceptors (Lipinski definition) is 3. The zero-order chi connectivity index (χ0) is 8.97. The number of nitrogens with zero attached hydrogens (tertiary/aromatic N) is 1. The van der Waals surface area contributed by atoms with Crippen LogP contribution < -0.4 is 10.5 Å². The van der Waals surface area contributed by atoms with Gasteiger partial charge in [0, 0.05) is 12.6 Å². The zero-order valence-electron chi connectivity index (χ0n) is 7.24. The van der Waals surface area contributed by atoms with Crippen molar-refractivity contribution in [3.8, 4) is 5.88 Å². The van der Waals surface area contributed by atoms with Crippen LogP contribution in [0.4, 0.5) is 0 Å². The number of ether oxygens (including phenoxy) is 1. The SMILES string of the molecule is CC(CN)Oc1cccc(Br)n1.Cl. The van der Waals surface area contributed by atoms with Gasteiger partial charge in [0.2, 0.25) is 5.88 Å². The minimum absolute atomic E-state index is 0. The molecule has 1 atom stereocenters. The van der Waals surface area contributed by atoms with E-state index in [1.807, 2.05) is 19.1 Å². The average Bonchev–Trinajstić information content (AvgIpc) is 2.04. The minimum atomic E-state index is 0. The first-order valence-electron chi connectivity index (χ1n) is 3.71. The first-order chi connectivity index (χ1) is 5.72. The van der Waals surface area contributed by atoms with Crippen molar-refractivity contribution in [2.75, 3.05) is 6.54 Å². The van der Waals surface area contributed by atoms with Gasteiger partial charge in [0.25, 0.3) is 0 Å². The van der Waals surface area contributed by atoms with Crippen LogP contribution in [-0.2, 0) is 0 Å². The van der Waals surface area contributed by atoms with Crippen LogP contribution in [0.25, 0.3) is 0 Å². The molecule has 0 saturated carbocycles. The van der Waals surface area contributed by atoms with Gasteiger partial charge in [0.15, 0.2) is 0 Å². The highest BCUT2D eigenvalue weighted by Crippen LogP contribution is 2.12. The molecule has 1 heterocycles. The summed E-state index contributed by atoms with van der Waals surface area (Å²) >= 11 is 3.25. The predicted molar refractivity (Wildman–Crippen MR) is 58.3 cm³/mol. The number of hydrogen-bond donors (Lipinski definition) is 1. The lowest BCUT2D eigenvalue weighted by Gasteiger charge is -2.10. The molecule has 0 aliphatic carbocycles. The molecule has 0 aromatic carbocycles. The Kier molecular flexibility index (Phi) is 6.03. The fraction of sp³-hybridized carbons (Fsp3) is 0.375. The lowest BCUT2D eigenvalue weighted by molar-refractivity contribution is 0.220. The molecule has 0 amide bonds. The number of nitrogens with two attached hydrogens (primary N) is 1. The highest BCUT2D eigenvalue weighted by molar-refractivity contribution is 9.10. The maximum absolute atomic E-state index is 5.39. The van der Waals surface area contributed by atoms with Gasteiger partial charge in [-0.2, -0.15) is 0 Å². The molecule has 1 aromatic heterocycles. The molecular weight excluding hydrogens is 255 g/mol. The Hall–Kier alpha value is -0.320. The van der Waals surface area contributed by atoms with Gasteiger partial charge in [-0.15, -0.1) is 12.4 Å². The Morgan fingerprint density at radius 1 is 1.62 bits per heavy atom. The first kappa shape index (κ1) is 12.7. The maximum Gasteiger partial charge on any atom is 0.214 e. The second-order valence-corrected chi connectivity index (χ2v) is 3.28. The van der Waals surface area contributed by atoms with Crippen molar-refractivity contribution in [1.29, 1.82) is 0 Å². The van der Waals surface area contributed by atoms with Gasteiger partial charge >= 0.3 is 0 Å². The number of aromatic nitrogens is 1. The zero-order valence-corrected chi connectivity index (χ0v) is 9.64. The molecule has 1 rings (SSSR count). The Balaban J connectivity index is 0.00000144. The molecular formula is C8H12BrClN2O. The van der Waals surface area contributed by atoms with Crippen LogP contribution in [0.3, 0.4) is 0 Å². The fourth-order valence-electron chi connectivity index (χ4n) is 0.710. The molecule has 0 aliphatic rings. The van der Waals surface area contributed by atoms with Crippen LogP contribution >= 0.6 is 28.3 Å². The van der Waals surface area contributed by atoms with Crippen LogP contribution in [0.15, 0.2) is 22.8 Å². The van der Waals surface area contributed by atoms with Gasteiger partial charge in [-0.05, 0) is 28.9 Å². The Morgan fingerprint density at radius 3 is 2.85 bits per heavy atom. The van der Waals surface area contributed by atoms with Crippen molar-refractivity contribution in [1.82, 2.24) is 4.98 Å². The predicted octanol–water partition coefficient (Wildman–Crippen LogP) is 1.99. The molecule has 1 unspecified atom stereocenters. The molecule has 0 bridgehead atoms. The van der Waals surface area contributed by atoms with Gasteiger partial charge in [-0.1, -0.05) is 6.07 Å². The highest BCUT2D eigenvalue weighted by atomic mass is 79.9. The highest BCUT2D eigenvalue weighted by Gasteiger charge is 2.01. The van der Waals surface area contributed by atoms with Crippen molar-refractivity contribution in [3.63, 3.8) is 0 Å². The van der Waals surface area contributed by atoms with Crippen LogP contribution in [0.5, 0.6) is 5.88 Å². The van der Waals surface area contributed by atoms with Gasteiger partial charge < -0.3 is 10.5 Å². The smallest absolute Gasteiger partial charge is 0.214 e. The summed E-state index contributed by atoms with van der Waals surface area (Å²) in [7, 11) is 0. The third-order valence-corrected chi connectivity index (χ3v) is 1.79. The summed E-state index contributed by atoms with van der Waals surface area (Å²) < 4.78 is 6.15. The molecule has 5 heteroatoms. The van der Waals surface area contributed by atoms with Crippen LogP contribution in [0, 0.1) is 0 Å². The van der Waals surface area contributed by atoms with Gasteiger partial charge in [-0.3, -0.25) is 0 Å². The summed E-state index contributed by atoms with van der Waals surface area (Å²) in [6.45, 7) is 2.40. The molecule has 13 heavy (non-hydrogen) atoms. The van der Waals surface area contributed by atoms with E-state index in [9.17, 15) is 0 Å². The molecule has 0 saturated heterocycles. The van der Waals surface area contributed by atoms with E-state index < -0.39 is 0 Å². The molecule has 74 valence electrons. The van der Waals surface area contributed by atoms with E-state index in [1.165, 1.54) is 0 Å². The van der Waals surface area contributed by atoms with E-state index >= 15 is 0 Å². The quantitative estimate of drug-likeness (QED) is 0.852. The second kappa shape index (κ2) is 6.18. The largest absolute Gasteiger partial charge is 0.473 e. The topological polar surface area (TPSA) is 48.1 Å². The second-order valence-electron chi connectivity index (χ2n) is 2.46. The van der Waals surface area contributed by atoms with Crippen LogP contribution in [0.2, 0.25) is 0 Å². The average molecular weight is 268 g/mol. The van der Waals surface area contributed by atoms with Gasteiger partial charge in [-0.25, -0.2) is 4.98 Å². The molecule has 0 radical (unpaired) electrons. The van der Waals surface area contributed by atoms with Gasteiger partial charge in [0.1, 0.15) is 10.7 Å². The third-order valence-electron chi connectivity index (χ3n) is 1.34. The molecule has 0 aliphatic heterocycles. The summed E-state index contributed by atoms with van der Waals surface area (Å²) in [6.07, 6.45) is 0.00630. The lowest BCUT2D eigenvalue weighted by Crippen LogP contribution is -2.23. The number of halogens is 2. The lowest BCUT2D eigenvalue weighted by atomic mass is 10.4. The Bertz CT molecular complexity index is 260. The third kappa shape index (κ3) is 4.45. The van der Waals surface area contributed by atoms with Crippen LogP contribution in [0.1, 0.15) is 6.92 Å². The minimum Gasteiger partial charge on any atom is -0.473 e. The summed E-state index contributed by atoms with van der Waals surface area (Å²) in [4.78, 5) is 4.10. The Labute approximate surface area is 92.2 Å². The van der Waals surface area contributed by atoms with E-state index in [0.29, 0.717) is 12.4 Å². The molecule has 3 nitrogen and oxygen atoms in total. The molecule has 0 fully saturated rings. The van der Waals surface area contributed by atoms with Gasteiger partial charge in [0.05, 0.1) is 0 Å². The van der Waals surface area contributed by atoms with Crippen LogP contribution in [-0.4, -0.2) is 17.6 Å². The monoisotopic (exact) mass is 266 g/mol. The standard InChI is InChI=1S/C8H11BrN2O.ClH/c1-6(5-10)12-8-4-2-3-7(9)11-8;/h2-4,6H,5,10H2,1H3;1H.